The van der Waals surface area contributed by atoms with Crippen molar-refractivity contribution in [1.29, 1.82) is 0 Å². The van der Waals surface area contributed by atoms with E-state index in [2.05, 4.69) is 5.32 Å². The van der Waals surface area contributed by atoms with Gasteiger partial charge in [-0.1, -0.05) is 6.92 Å². The van der Waals surface area contributed by atoms with E-state index >= 15 is 0 Å². The lowest BCUT2D eigenvalue weighted by atomic mass is 10.00. The van der Waals surface area contributed by atoms with Gasteiger partial charge in [0.15, 0.2) is 0 Å². The van der Waals surface area contributed by atoms with E-state index in [1.807, 2.05) is 20.8 Å². The molecule has 5 nitrogen and oxygen atoms in total. The molecule has 0 saturated carbocycles. The Kier molecular flexibility index (Phi) is 7.37. The molecule has 1 heterocycles. The highest BCUT2D eigenvalue weighted by atomic mass is 35.5. The topological polar surface area (TPSA) is 75.4 Å². The van der Waals surface area contributed by atoms with Crippen LogP contribution in [-0.4, -0.2) is 41.4 Å². The van der Waals surface area contributed by atoms with Crippen LogP contribution in [0.15, 0.2) is 0 Å². The van der Waals surface area contributed by atoms with Crippen molar-refractivity contribution < 1.29 is 9.59 Å². The largest absolute Gasteiger partial charge is 0.352 e. The molecule has 0 aromatic carbocycles. The van der Waals surface area contributed by atoms with Crippen LogP contribution in [0.25, 0.3) is 0 Å². The molecule has 0 radical (unpaired) electrons. The van der Waals surface area contributed by atoms with Crippen molar-refractivity contribution in [2.45, 2.75) is 58.0 Å². The molecule has 1 rings (SSSR count). The summed E-state index contributed by atoms with van der Waals surface area (Å²) in [6, 6.07) is -0.312. The quantitative estimate of drug-likeness (QED) is 0.813. The Hall–Kier alpha value is -0.810. The lowest BCUT2D eigenvalue weighted by Gasteiger charge is -2.35. The Morgan fingerprint density at radius 1 is 1.37 bits per heavy atom. The third-order valence-corrected chi connectivity index (χ3v) is 3.15. The molecule has 19 heavy (non-hydrogen) atoms. The minimum Gasteiger partial charge on any atom is -0.352 e. The highest BCUT2D eigenvalue weighted by molar-refractivity contribution is 5.87. The number of hydrogen-bond donors (Lipinski definition) is 2. The molecule has 1 fully saturated rings. The molecule has 0 aromatic heterocycles. The van der Waals surface area contributed by atoms with Gasteiger partial charge in [0.25, 0.3) is 0 Å². The minimum atomic E-state index is -0.427. The molecular weight excluding hydrogens is 266 g/mol. The number of carbonyl (C=O) groups excluding carboxylic acids is 2. The van der Waals surface area contributed by atoms with Crippen molar-refractivity contribution in [3.8, 4) is 0 Å². The Balaban J connectivity index is 0.00000324. The van der Waals surface area contributed by atoms with Gasteiger partial charge in [-0.15, -0.1) is 12.4 Å². The van der Waals surface area contributed by atoms with Gasteiger partial charge in [0, 0.05) is 25.0 Å². The number of nitrogens with one attached hydrogen (secondary N) is 1. The molecule has 2 amide bonds. The first kappa shape index (κ1) is 18.2. The first-order valence-corrected chi connectivity index (χ1v) is 6.71. The average Bonchev–Trinajstić information content (AvgIpc) is 2.34. The van der Waals surface area contributed by atoms with Crippen LogP contribution in [0.5, 0.6) is 0 Å². The molecule has 1 saturated heterocycles. The van der Waals surface area contributed by atoms with Gasteiger partial charge in [0.05, 0.1) is 0 Å². The van der Waals surface area contributed by atoms with Crippen molar-refractivity contribution >= 4 is 24.2 Å². The van der Waals surface area contributed by atoms with Crippen LogP contribution in [-0.2, 0) is 9.59 Å². The van der Waals surface area contributed by atoms with E-state index in [0.29, 0.717) is 19.5 Å². The first-order chi connectivity index (χ1) is 8.35. The van der Waals surface area contributed by atoms with Gasteiger partial charge in [0.2, 0.25) is 11.8 Å². The maximum atomic E-state index is 12.1. The highest BCUT2D eigenvalue weighted by Crippen LogP contribution is 2.18. The molecule has 6 heteroatoms. The third-order valence-electron chi connectivity index (χ3n) is 3.15. The molecule has 1 unspecified atom stereocenters. The zero-order valence-electron chi connectivity index (χ0n) is 12.1. The van der Waals surface area contributed by atoms with Crippen LogP contribution in [0.4, 0.5) is 0 Å². The standard InChI is InChI=1S/C13H25N3O2.ClH/c1-4-11(17)16-8-6-5-7-10(16)12(18)15-9-13(2,3)14;/h10H,4-9,14H2,1-3H3,(H,15,18);1H. The Labute approximate surface area is 121 Å². The van der Waals surface area contributed by atoms with Crippen molar-refractivity contribution in [1.82, 2.24) is 10.2 Å². The molecule has 1 aliphatic rings. The number of rotatable bonds is 4. The van der Waals surface area contributed by atoms with Crippen LogP contribution in [0.1, 0.15) is 46.5 Å². The lowest BCUT2D eigenvalue weighted by Crippen LogP contribution is -2.54. The maximum Gasteiger partial charge on any atom is 0.242 e. The molecule has 0 spiro atoms. The fraction of sp³-hybridized carbons (Fsp3) is 0.846. The molecular formula is C13H26ClN3O2. The van der Waals surface area contributed by atoms with E-state index in [-0.39, 0.29) is 30.3 Å². The van der Waals surface area contributed by atoms with E-state index in [4.69, 9.17) is 5.73 Å². The van der Waals surface area contributed by atoms with Gasteiger partial charge in [0.1, 0.15) is 6.04 Å². The van der Waals surface area contributed by atoms with Crippen molar-refractivity contribution in [2.75, 3.05) is 13.1 Å². The fourth-order valence-corrected chi connectivity index (χ4v) is 2.14. The molecule has 112 valence electrons. The van der Waals surface area contributed by atoms with E-state index in [1.165, 1.54) is 0 Å². The summed E-state index contributed by atoms with van der Waals surface area (Å²) >= 11 is 0. The summed E-state index contributed by atoms with van der Waals surface area (Å²) in [4.78, 5) is 25.6. The number of hydrogen-bond acceptors (Lipinski definition) is 3. The first-order valence-electron chi connectivity index (χ1n) is 6.71. The van der Waals surface area contributed by atoms with Crippen LogP contribution in [0.2, 0.25) is 0 Å². The number of piperidine rings is 1. The normalized spacial score (nSPS) is 19.6. The number of carbonyl (C=O) groups is 2. The van der Waals surface area contributed by atoms with Gasteiger partial charge >= 0.3 is 0 Å². The van der Waals surface area contributed by atoms with Gasteiger partial charge in [-0.3, -0.25) is 9.59 Å². The van der Waals surface area contributed by atoms with Gasteiger partial charge in [-0.05, 0) is 33.1 Å². The second-order valence-electron chi connectivity index (χ2n) is 5.66. The van der Waals surface area contributed by atoms with Crippen LogP contribution in [0, 0.1) is 0 Å². The monoisotopic (exact) mass is 291 g/mol. The Morgan fingerprint density at radius 3 is 2.53 bits per heavy atom. The second kappa shape index (κ2) is 7.70. The molecule has 0 aromatic rings. The van der Waals surface area contributed by atoms with Gasteiger partial charge < -0.3 is 16.0 Å². The van der Waals surface area contributed by atoms with E-state index in [9.17, 15) is 9.59 Å². The molecule has 0 bridgehead atoms. The van der Waals surface area contributed by atoms with Gasteiger partial charge in [-0.25, -0.2) is 0 Å². The zero-order valence-corrected chi connectivity index (χ0v) is 12.9. The summed E-state index contributed by atoms with van der Waals surface area (Å²) in [7, 11) is 0. The number of amides is 2. The summed E-state index contributed by atoms with van der Waals surface area (Å²) < 4.78 is 0. The number of likely N-dealkylation sites (tertiary alicyclic amines) is 1. The summed E-state index contributed by atoms with van der Waals surface area (Å²) in [6.07, 6.45) is 3.18. The summed E-state index contributed by atoms with van der Waals surface area (Å²) in [6.45, 7) is 6.67. The third kappa shape index (κ3) is 5.78. The number of nitrogens with two attached hydrogens (primary N) is 1. The lowest BCUT2D eigenvalue weighted by molar-refractivity contribution is -0.142. The predicted molar refractivity (Wildman–Crippen MR) is 78.2 cm³/mol. The van der Waals surface area contributed by atoms with E-state index in [0.717, 1.165) is 19.3 Å². The van der Waals surface area contributed by atoms with Crippen LogP contribution >= 0.6 is 12.4 Å². The van der Waals surface area contributed by atoms with Crippen LogP contribution in [0.3, 0.4) is 0 Å². The van der Waals surface area contributed by atoms with Crippen molar-refractivity contribution in [3.05, 3.63) is 0 Å². The van der Waals surface area contributed by atoms with Crippen LogP contribution < -0.4 is 11.1 Å². The highest BCUT2D eigenvalue weighted by Gasteiger charge is 2.31. The van der Waals surface area contributed by atoms with Gasteiger partial charge in [-0.2, -0.15) is 0 Å². The molecule has 3 N–H and O–H groups in total. The van der Waals surface area contributed by atoms with E-state index < -0.39 is 5.54 Å². The van der Waals surface area contributed by atoms with Crippen molar-refractivity contribution in [2.24, 2.45) is 5.73 Å². The molecule has 0 aliphatic carbocycles. The zero-order chi connectivity index (χ0) is 13.8. The molecule has 1 aliphatic heterocycles. The maximum absolute atomic E-state index is 12.1. The summed E-state index contributed by atoms with van der Waals surface area (Å²) in [5.74, 6) is -0.0168. The fourth-order valence-electron chi connectivity index (χ4n) is 2.14. The Bertz CT molecular complexity index is 316. The summed E-state index contributed by atoms with van der Waals surface area (Å²) in [5, 5.41) is 2.84. The second-order valence-corrected chi connectivity index (χ2v) is 5.66. The SMILES string of the molecule is CCC(=O)N1CCCCC1C(=O)NCC(C)(C)N.Cl. The average molecular weight is 292 g/mol. The Morgan fingerprint density at radius 2 is 2.00 bits per heavy atom. The number of halogens is 1. The van der Waals surface area contributed by atoms with E-state index in [1.54, 1.807) is 4.90 Å². The predicted octanol–water partition coefficient (Wildman–Crippen LogP) is 1.05. The summed E-state index contributed by atoms with van der Waals surface area (Å²) in [5.41, 5.74) is 5.41. The minimum absolute atomic E-state index is 0. The smallest absolute Gasteiger partial charge is 0.242 e. The number of nitrogens with zero attached hydrogens (tertiary/aromatic N) is 1. The van der Waals surface area contributed by atoms with Crippen molar-refractivity contribution in [3.63, 3.8) is 0 Å². The molecule has 1 atom stereocenters.